The highest BCUT2D eigenvalue weighted by Gasteiger charge is 2.15. The van der Waals surface area contributed by atoms with Gasteiger partial charge in [-0.2, -0.15) is 0 Å². The molecule has 5 heteroatoms. The normalized spacial score (nSPS) is 12.2. The zero-order valence-electron chi connectivity index (χ0n) is 12.5. The van der Waals surface area contributed by atoms with Gasteiger partial charge in [0, 0.05) is 17.3 Å². The predicted molar refractivity (Wildman–Crippen MR) is 89.0 cm³/mol. The van der Waals surface area contributed by atoms with E-state index in [2.05, 4.69) is 24.4 Å². The first-order chi connectivity index (χ1) is 10.2. The van der Waals surface area contributed by atoms with Crippen LogP contribution in [0.2, 0.25) is 4.34 Å². The van der Waals surface area contributed by atoms with Crippen molar-refractivity contribution in [3.8, 4) is 11.5 Å². The largest absolute Gasteiger partial charge is 0.493 e. The van der Waals surface area contributed by atoms with Gasteiger partial charge in [-0.1, -0.05) is 24.6 Å². The van der Waals surface area contributed by atoms with Gasteiger partial charge >= 0.3 is 0 Å². The number of rotatable bonds is 7. The van der Waals surface area contributed by atoms with Crippen molar-refractivity contribution in [2.24, 2.45) is 0 Å². The molecule has 1 aromatic carbocycles. The number of halogens is 1. The van der Waals surface area contributed by atoms with Crippen LogP contribution in [-0.2, 0) is 6.42 Å². The summed E-state index contributed by atoms with van der Waals surface area (Å²) < 4.78 is 11.5. The molecule has 2 rings (SSSR count). The quantitative estimate of drug-likeness (QED) is 0.822. The highest BCUT2D eigenvalue weighted by atomic mass is 35.5. The number of likely N-dealkylation sites (N-methyl/N-ethyl adjacent to an activating group) is 1. The molecule has 0 saturated carbocycles. The summed E-state index contributed by atoms with van der Waals surface area (Å²) in [5, 5.41) is 3.51. The van der Waals surface area contributed by atoms with Crippen molar-refractivity contribution >= 4 is 22.9 Å². The second-order valence-corrected chi connectivity index (χ2v) is 6.43. The van der Waals surface area contributed by atoms with Crippen molar-refractivity contribution in [1.82, 2.24) is 5.32 Å². The molecule has 1 aromatic heterocycles. The fraction of sp³-hybridized carbons (Fsp3) is 0.375. The van der Waals surface area contributed by atoms with Gasteiger partial charge in [0.25, 0.3) is 0 Å². The number of nitrogens with one attached hydrogen (secondary N) is 1. The molecule has 21 heavy (non-hydrogen) atoms. The molecule has 0 radical (unpaired) electrons. The molecule has 0 amide bonds. The van der Waals surface area contributed by atoms with Crippen LogP contribution in [0.25, 0.3) is 0 Å². The van der Waals surface area contributed by atoms with E-state index in [1.165, 1.54) is 10.4 Å². The Morgan fingerprint density at radius 2 is 1.90 bits per heavy atom. The lowest BCUT2D eigenvalue weighted by atomic mass is 10.0. The second-order valence-electron chi connectivity index (χ2n) is 4.63. The molecule has 0 spiro atoms. The van der Waals surface area contributed by atoms with Gasteiger partial charge in [-0.05, 0) is 36.4 Å². The molecule has 0 fully saturated rings. The van der Waals surface area contributed by atoms with Crippen molar-refractivity contribution in [2.75, 3.05) is 20.8 Å². The van der Waals surface area contributed by atoms with E-state index in [4.69, 9.17) is 21.1 Å². The van der Waals surface area contributed by atoms with Gasteiger partial charge in [-0.15, -0.1) is 11.3 Å². The molecule has 114 valence electrons. The van der Waals surface area contributed by atoms with Crippen molar-refractivity contribution in [3.63, 3.8) is 0 Å². The van der Waals surface area contributed by atoms with E-state index < -0.39 is 0 Å². The SMILES string of the molecule is CCNC(Cc1ccc(Cl)s1)c1ccc(OC)c(OC)c1. The number of benzene rings is 1. The zero-order chi connectivity index (χ0) is 15.2. The van der Waals surface area contributed by atoms with E-state index in [0.29, 0.717) is 0 Å². The minimum absolute atomic E-state index is 0.226. The first-order valence-electron chi connectivity index (χ1n) is 6.87. The maximum Gasteiger partial charge on any atom is 0.161 e. The van der Waals surface area contributed by atoms with Gasteiger partial charge < -0.3 is 14.8 Å². The van der Waals surface area contributed by atoms with Crippen molar-refractivity contribution in [2.45, 2.75) is 19.4 Å². The number of hydrogen-bond acceptors (Lipinski definition) is 4. The lowest BCUT2D eigenvalue weighted by Gasteiger charge is -2.19. The van der Waals surface area contributed by atoms with E-state index in [9.17, 15) is 0 Å². The molecule has 0 aliphatic carbocycles. The van der Waals surface area contributed by atoms with Crippen LogP contribution < -0.4 is 14.8 Å². The molecule has 1 N–H and O–H groups in total. The Balaban J connectivity index is 2.24. The van der Waals surface area contributed by atoms with Crippen LogP contribution in [0, 0.1) is 0 Å². The van der Waals surface area contributed by atoms with Gasteiger partial charge in [0.1, 0.15) is 0 Å². The maximum atomic E-state index is 6.02. The Kier molecular flexibility index (Phi) is 5.91. The summed E-state index contributed by atoms with van der Waals surface area (Å²) in [7, 11) is 3.30. The van der Waals surface area contributed by atoms with Crippen LogP contribution in [0.5, 0.6) is 11.5 Å². The summed E-state index contributed by atoms with van der Waals surface area (Å²) in [6, 6.07) is 10.3. The molecule has 0 saturated heterocycles. The Morgan fingerprint density at radius 1 is 1.14 bits per heavy atom. The molecular weight excluding hydrogens is 306 g/mol. The summed E-state index contributed by atoms with van der Waals surface area (Å²) in [6.07, 6.45) is 0.903. The second kappa shape index (κ2) is 7.69. The van der Waals surface area contributed by atoms with E-state index in [-0.39, 0.29) is 6.04 Å². The zero-order valence-corrected chi connectivity index (χ0v) is 14.1. The van der Waals surface area contributed by atoms with Crippen LogP contribution in [0.3, 0.4) is 0 Å². The monoisotopic (exact) mass is 325 g/mol. The highest BCUT2D eigenvalue weighted by Crippen LogP contribution is 2.32. The third-order valence-electron chi connectivity index (χ3n) is 3.29. The minimum atomic E-state index is 0.226. The Hall–Kier alpha value is -1.23. The van der Waals surface area contributed by atoms with Crippen LogP contribution in [0.1, 0.15) is 23.4 Å². The van der Waals surface area contributed by atoms with Crippen LogP contribution in [-0.4, -0.2) is 20.8 Å². The topological polar surface area (TPSA) is 30.5 Å². The standard InChI is InChI=1S/C16H20ClNO2S/c1-4-18-13(10-12-6-8-16(17)21-12)11-5-7-14(19-2)15(9-11)20-3/h5-9,13,18H,4,10H2,1-3H3. The third kappa shape index (κ3) is 4.13. The fourth-order valence-electron chi connectivity index (χ4n) is 2.29. The van der Waals surface area contributed by atoms with Crippen molar-refractivity contribution < 1.29 is 9.47 Å². The third-order valence-corrected chi connectivity index (χ3v) is 4.55. The molecule has 0 aliphatic heterocycles. The van der Waals surface area contributed by atoms with Gasteiger partial charge in [-0.3, -0.25) is 0 Å². The molecule has 2 aromatic rings. The van der Waals surface area contributed by atoms with Gasteiger partial charge in [0.15, 0.2) is 11.5 Å². The summed E-state index contributed by atoms with van der Waals surface area (Å²) in [6.45, 7) is 3.01. The summed E-state index contributed by atoms with van der Waals surface area (Å²) >= 11 is 7.64. The molecule has 1 unspecified atom stereocenters. The summed E-state index contributed by atoms with van der Waals surface area (Å²) in [5.74, 6) is 1.50. The van der Waals surface area contributed by atoms with E-state index >= 15 is 0 Å². The maximum absolute atomic E-state index is 6.02. The highest BCUT2D eigenvalue weighted by molar-refractivity contribution is 7.16. The molecule has 3 nitrogen and oxygen atoms in total. The fourth-order valence-corrected chi connectivity index (χ4v) is 3.42. The Morgan fingerprint density at radius 3 is 2.48 bits per heavy atom. The van der Waals surface area contributed by atoms with Crippen LogP contribution in [0.15, 0.2) is 30.3 Å². The molecule has 1 heterocycles. The summed E-state index contributed by atoms with van der Waals surface area (Å²) in [4.78, 5) is 1.26. The van der Waals surface area contributed by atoms with E-state index in [0.717, 1.165) is 28.8 Å². The van der Waals surface area contributed by atoms with Gasteiger partial charge in [0.2, 0.25) is 0 Å². The first-order valence-corrected chi connectivity index (χ1v) is 8.06. The van der Waals surface area contributed by atoms with Gasteiger partial charge in [-0.25, -0.2) is 0 Å². The number of hydrogen-bond donors (Lipinski definition) is 1. The molecule has 0 aliphatic rings. The molecule has 0 bridgehead atoms. The van der Waals surface area contributed by atoms with Crippen LogP contribution >= 0.6 is 22.9 Å². The number of methoxy groups -OCH3 is 2. The Labute approximate surface area is 134 Å². The predicted octanol–water partition coefficient (Wildman–Crippen LogP) is 4.31. The van der Waals surface area contributed by atoms with Gasteiger partial charge in [0.05, 0.1) is 18.6 Å². The molecule has 1 atom stereocenters. The molecular formula is C16H20ClNO2S. The lowest BCUT2D eigenvalue weighted by Crippen LogP contribution is -2.22. The van der Waals surface area contributed by atoms with Crippen molar-refractivity contribution in [3.05, 3.63) is 45.1 Å². The average Bonchev–Trinajstić information content (AvgIpc) is 2.91. The van der Waals surface area contributed by atoms with E-state index in [1.54, 1.807) is 25.6 Å². The summed E-state index contributed by atoms with van der Waals surface area (Å²) in [5.41, 5.74) is 1.18. The number of ether oxygens (including phenoxy) is 2. The smallest absolute Gasteiger partial charge is 0.161 e. The minimum Gasteiger partial charge on any atom is -0.493 e. The Bertz CT molecular complexity index is 585. The average molecular weight is 326 g/mol. The lowest BCUT2D eigenvalue weighted by molar-refractivity contribution is 0.354. The van der Waals surface area contributed by atoms with Crippen LogP contribution in [0.4, 0.5) is 0 Å². The van der Waals surface area contributed by atoms with Crippen molar-refractivity contribution in [1.29, 1.82) is 0 Å². The number of thiophene rings is 1. The van der Waals surface area contributed by atoms with E-state index in [1.807, 2.05) is 18.2 Å². The first kappa shape index (κ1) is 16.1.